The maximum absolute atomic E-state index is 12.3. The molecule has 4 heteroatoms. The molecule has 3 rings (SSSR count). The average Bonchev–Trinajstić information content (AvgIpc) is 2.82. The van der Waals surface area contributed by atoms with E-state index in [0.29, 0.717) is 12.6 Å². The van der Waals surface area contributed by atoms with Gasteiger partial charge in [0, 0.05) is 17.6 Å². The summed E-state index contributed by atoms with van der Waals surface area (Å²) in [7, 11) is 1.98. The normalized spacial score (nSPS) is 20.4. The van der Waals surface area contributed by atoms with Crippen molar-refractivity contribution in [1.82, 2.24) is 0 Å². The molecule has 1 amide bonds. The van der Waals surface area contributed by atoms with Crippen molar-refractivity contribution in [2.45, 2.75) is 31.7 Å². The molecule has 0 N–H and O–H groups in total. The Hall–Kier alpha value is -1.03. The first-order valence-corrected chi connectivity index (χ1v) is 7.29. The van der Waals surface area contributed by atoms with Gasteiger partial charge in [-0.3, -0.25) is 4.79 Å². The lowest BCUT2D eigenvalue weighted by molar-refractivity contribution is -0.118. The zero-order valence-electron chi connectivity index (χ0n) is 10.5. The van der Waals surface area contributed by atoms with Crippen LogP contribution in [-0.2, 0) is 4.79 Å². The van der Waals surface area contributed by atoms with E-state index in [1.165, 1.54) is 12.8 Å². The molecule has 0 atom stereocenters. The van der Waals surface area contributed by atoms with Gasteiger partial charge in [-0.05, 0) is 31.0 Å². The predicted molar refractivity (Wildman–Crippen MR) is 77.2 cm³/mol. The lowest BCUT2D eigenvalue weighted by Gasteiger charge is -2.38. The van der Waals surface area contributed by atoms with Crippen molar-refractivity contribution in [2.75, 3.05) is 23.4 Å². The first-order valence-electron chi connectivity index (χ1n) is 6.49. The number of halogens is 1. The fourth-order valence-corrected chi connectivity index (χ4v) is 3.42. The minimum atomic E-state index is 0.231. The molecule has 0 spiro atoms. The second-order valence-electron chi connectivity index (χ2n) is 5.19. The van der Waals surface area contributed by atoms with Crippen LogP contribution in [0.4, 0.5) is 11.4 Å². The quantitative estimate of drug-likeness (QED) is 0.795. The van der Waals surface area contributed by atoms with Gasteiger partial charge >= 0.3 is 0 Å². The van der Waals surface area contributed by atoms with Crippen LogP contribution in [0.1, 0.15) is 25.7 Å². The average molecular weight is 309 g/mol. The van der Waals surface area contributed by atoms with E-state index >= 15 is 0 Å². The molecule has 1 saturated carbocycles. The molecule has 96 valence electrons. The van der Waals surface area contributed by atoms with Crippen LogP contribution in [0, 0.1) is 0 Å². The second kappa shape index (κ2) is 4.57. The van der Waals surface area contributed by atoms with E-state index < -0.39 is 0 Å². The fraction of sp³-hybridized carbons (Fsp3) is 0.500. The predicted octanol–water partition coefficient (Wildman–Crippen LogP) is 3.17. The van der Waals surface area contributed by atoms with Crippen LogP contribution in [0.2, 0.25) is 0 Å². The molecule has 0 unspecified atom stereocenters. The van der Waals surface area contributed by atoms with Crippen molar-refractivity contribution in [3.63, 3.8) is 0 Å². The summed E-state index contributed by atoms with van der Waals surface area (Å²) in [6, 6.07) is 6.60. The Bertz CT molecular complexity index is 483. The second-order valence-corrected chi connectivity index (χ2v) is 6.11. The van der Waals surface area contributed by atoms with Crippen molar-refractivity contribution in [3.8, 4) is 0 Å². The maximum Gasteiger partial charge on any atom is 0.246 e. The highest BCUT2D eigenvalue weighted by Crippen LogP contribution is 2.39. The molecule has 0 saturated heterocycles. The number of amides is 1. The molecule has 1 heterocycles. The molecule has 1 aromatic carbocycles. The third kappa shape index (κ3) is 1.92. The van der Waals surface area contributed by atoms with Gasteiger partial charge < -0.3 is 9.80 Å². The first kappa shape index (κ1) is 12.0. The number of fused-ring (bicyclic) bond motifs is 1. The summed E-state index contributed by atoms with van der Waals surface area (Å²) in [5, 5.41) is 0. The SMILES string of the molecule is CN1CC(=O)N(C2CCCC2)c2cc(Br)ccc21. The minimum absolute atomic E-state index is 0.231. The fourth-order valence-electron chi connectivity index (χ4n) is 3.07. The van der Waals surface area contributed by atoms with E-state index in [2.05, 4.69) is 28.1 Å². The van der Waals surface area contributed by atoms with Crippen LogP contribution in [-0.4, -0.2) is 25.5 Å². The topological polar surface area (TPSA) is 23.6 Å². The Morgan fingerprint density at radius 1 is 1.22 bits per heavy atom. The van der Waals surface area contributed by atoms with Gasteiger partial charge in [-0.25, -0.2) is 0 Å². The molecule has 3 nitrogen and oxygen atoms in total. The Balaban J connectivity index is 2.06. The molecule has 0 bridgehead atoms. The zero-order valence-corrected chi connectivity index (χ0v) is 12.1. The minimum Gasteiger partial charge on any atom is -0.364 e. The molecular weight excluding hydrogens is 292 g/mol. The zero-order chi connectivity index (χ0) is 12.7. The summed E-state index contributed by atoms with van der Waals surface area (Å²) in [6.07, 6.45) is 4.77. The van der Waals surface area contributed by atoms with Crippen molar-refractivity contribution < 1.29 is 4.79 Å². The third-order valence-corrected chi connectivity index (χ3v) is 4.43. The number of benzene rings is 1. The van der Waals surface area contributed by atoms with Crippen LogP contribution in [0.15, 0.2) is 22.7 Å². The summed E-state index contributed by atoms with van der Waals surface area (Å²) in [6.45, 7) is 0.491. The Labute approximate surface area is 116 Å². The number of anilines is 2. The number of likely N-dealkylation sites (N-methyl/N-ethyl adjacent to an activating group) is 1. The van der Waals surface area contributed by atoms with Gasteiger partial charge in [-0.15, -0.1) is 0 Å². The number of rotatable bonds is 1. The summed E-state index contributed by atoms with van der Waals surface area (Å²) >= 11 is 3.51. The lowest BCUT2D eigenvalue weighted by atomic mass is 10.1. The molecule has 2 aliphatic rings. The molecule has 18 heavy (non-hydrogen) atoms. The molecule has 1 aromatic rings. The van der Waals surface area contributed by atoms with Gasteiger partial charge in [0.05, 0.1) is 17.9 Å². The summed E-state index contributed by atoms with van der Waals surface area (Å²) in [5.41, 5.74) is 2.22. The highest BCUT2D eigenvalue weighted by atomic mass is 79.9. The van der Waals surface area contributed by atoms with E-state index in [0.717, 1.165) is 28.7 Å². The van der Waals surface area contributed by atoms with Gasteiger partial charge in [0.15, 0.2) is 0 Å². The largest absolute Gasteiger partial charge is 0.364 e. The first-order chi connectivity index (χ1) is 8.66. The number of hydrogen-bond donors (Lipinski definition) is 0. The number of carbonyl (C=O) groups is 1. The van der Waals surface area contributed by atoms with E-state index in [9.17, 15) is 4.79 Å². The van der Waals surface area contributed by atoms with Crippen molar-refractivity contribution in [2.24, 2.45) is 0 Å². The van der Waals surface area contributed by atoms with Crippen molar-refractivity contribution in [3.05, 3.63) is 22.7 Å². The smallest absolute Gasteiger partial charge is 0.246 e. The van der Waals surface area contributed by atoms with Gasteiger partial charge in [-0.2, -0.15) is 0 Å². The van der Waals surface area contributed by atoms with Gasteiger partial charge in [0.25, 0.3) is 0 Å². The molecule has 0 radical (unpaired) electrons. The molecular formula is C14H17BrN2O. The Morgan fingerprint density at radius 3 is 2.67 bits per heavy atom. The van der Waals surface area contributed by atoms with E-state index in [1.807, 2.05) is 22.9 Å². The standard InChI is InChI=1S/C14H17BrN2O/c1-16-9-14(18)17(11-4-2-3-5-11)13-8-10(15)6-7-12(13)16/h6-8,11H,2-5,9H2,1H3. The summed E-state index contributed by atoms with van der Waals surface area (Å²) in [5.74, 6) is 0.231. The van der Waals surface area contributed by atoms with Crippen molar-refractivity contribution in [1.29, 1.82) is 0 Å². The highest BCUT2D eigenvalue weighted by Gasteiger charge is 2.34. The van der Waals surface area contributed by atoms with Crippen LogP contribution in [0.5, 0.6) is 0 Å². The van der Waals surface area contributed by atoms with Gasteiger partial charge in [-0.1, -0.05) is 28.8 Å². The van der Waals surface area contributed by atoms with E-state index in [4.69, 9.17) is 0 Å². The Morgan fingerprint density at radius 2 is 1.94 bits per heavy atom. The third-order valence-electron chi connectivity index (χ3n) is 3.94. The molecule has 1 fully saturated rings. The van der Waals surface area contributed by atoms with Gasteiger partial charge in [0.1, 0.15) is 0 Å². The summed E-state index contributed by atoms with van der Waals surface area (Å²) in [4.78, 5) is 16.4. The van der Waals surface area contributed by atoms with E-state index in [1.54, 1.807) is 0 Å². The highest BCUT2D eigenvalue weighted by molar-refractivity contribution is 9.10. The number of carbonyl (C=O) groups excluding carboxylic acids is 1. The van der Waals surface area contributed by atoms with Crippen LogP contribution >= 0.6 is 15.9 Å². The maximum atomic E-state index is 12.3. The molecule has 1 aliphatic heterocycles. The monoisotopic (exact) mass is 308 g/mol. The molecule has 1 aliphatic carbocycles. The van der Waals surface area contributed by atoms with E-state index in [-0.39, 0.29) is 5.91 Å². The Kier molecular flexibility index (Phi) is 3.06. The van der Waals surface area contributed by atoms with Crippen LogP contribution in [0.3, 0.4) is 0 Å². The van der Waals surface area contributed by atoms with Gasteiger partial charge in [0.2, 0.25) is 5.91 Å². The van der Waals surface area contributed by atoms with Crippen LogP contribution < -0.4 is 9.80 Å². The van der Waals surface area contributed by atoms with Crippen LogP contribution in [0.25, 0.3) is 0 Å². The molecule has 0 aromatic heterocycles. The number of nitrogens with zero attached hydrogens (tertiary/aromatic N) is 2. The van der Waals surface area contributed by atoms with Crippen molar-refractivity contribution >= 4 is 33.2 Å². The number of hydrogen-bond acceptors (Lipinski definition) is 2. The summed E-state index contributed by atoms with van der Waals surface area (Å²) < 4.78 is 1.03. The lowest BCUT2D eigenvalue weighted by Crippen LogP contribution is -2.48.